The first-order valence-corrected chi connectivity index (χ1v) is 5.65. The number of nitrogens with two attached hydrogens (primary N) is 1. The van der Waals surface area contributed by atoms with Crippen LogP contribution in [0, 0.1) is 5.92 Å². The molecule has 1 nitrogen and oxygen atoms in total. The Balaban J connectivity index is 2.37. The molecule has 0 radical (unpaired) electrons. The number of rotatable bonds is 4. The number of nitrogen functional groups attached to an aromatic ring is 1. The minimum Gasteiger partial charge on any atom is -0.399 e. The van der Waals surface area contributed by atoms with Crippen LogP contribution < -0.4 is 5.73 Å². The predicted molar refractivity (Wildman–Crippen MR) is 61.0 cm³/mol. The predicted octanol–water partition coefficient (Wildman–Crippen LogP) is 3.41. The number of hydrogen-bond acceptors (Lipinski definition) is 2. The van der Waals surface area contributed by atoms with Crippen molar-refractivity contribution in [2.45, 2.75) is 25.2 Å². The van der Waals surface area contributed by atoms with Gasteiger partial charge in [-0.1, -0.05) is 19.9 Å². The van der Waals surface area contributed by atoms with Gasteiger partial charge in [0.2, 0.25) is 0 Å². The van der Waals surface area contributed by atoms with E-state index in [9.17, 15) is 0 Å². The van der Waals surface area contributed by atoms with Crippen molar-refractivity contribution in [1.82, 2.24) is 0 Å². The summed E-state index contributed by atoms with van der Waals surface area (Å²) in [5.74, 6) is 1.97. The molecule has 0 saturated carbocycles. The van der Waals surface area contributed by atoms with Crippen molar-refractivity contribution in [3.05, 3.63) is 24.3 Å². The van der Waals surface area contributed by atoms with Gasteiger partial charge in [0.1, 0.15) is 0 Å². The number of anilines is 1. The average molecular weight is 195 g/mol. The first kappa shape index (κ1) is 10.5. The summed E-state index contributed by atoms with van der Waals surface area (Å²) >= 11 is 1.88. The Labute approximate surface area is 84.7 Å². The highest BCUT2D eigenvalue weighted by atomic mass is 32.2. The van der Waals surface area contributed by atoms with Gasteiger partial charge < -0.3 is 5.73 Å². The van der Waals surface area contributed by atoms with Crippen LogP contribution in [0.25, 0.3) is 0 Å². The third kappa shape index (κ3) is 4.23. The highest BCUT2D eigenvalue weighted by molar-refractivity contribution is 7.99. The molecule has 0 saturated heterocycles. The van der Waals surface area contributed by atoms with Gasteiger partial charge in [-0.15, -0.1) is 11.8 Å². The fourth-order valence-corrected chi connectivity index (χ4v) is 2.24. The Morgan fingerprint density at radius 1 is 1.38 bits per heavy atom. The lowest BCUT2D eigenvalue weighted by Crippen LogP contribution is -1.89. The van der Waals surface area contributed by atoms with E-state index < -0.39 is 0 Å². The zero-order valence-electron chi connectivity index (χ0n) is 8.29. The van der Waals surface area contributed by atoms with E-state index >= 15 is 0 Å². The first-order chi connectivity index (χ1) is 6.18. The smallest absolute Gasteiger partial charge is 0.0325 e. The maximum absolute atomic E-state index is 5.68. The van der Waals surface area contributed by atoms with Crippen molar-refractivity contribution in [2.75, 3.05) is 11.5 Å². The lowest BCUT2D eigenvalue weighted by Gasteiger charge is -2.04. The maximum atomic E-state index is 5.68. The fourth-order valence-electron chi connectivity index (χ4n) is 1.02. The molecule has 0 bridgehead atoms. The molecular weight excluding hydrogens is 178 g/mol. The van der Waals surface area contributed by atoms with Gasteiger partial charge in [0, 0.05) is 10.6 Å². The zero-order chi connectivity index (χ0) is 9.68. The molecule has 0 aliphatic rings. The van der Waals surface area contributed by atoms with Crippen molar-refractivity contribution in [3.63, 3.8) is 0 Å². The van der Waals surface area contributed by atoms with E-state index in [4.69, 9.17) is 5.73 Å². The van der Waals surface area contributed by atoms with Gasteiger partial charge in [-0.2, -0.15) is 0 Å². The molecule has 1 rings (SSSR count). The monoisotopic (exact) mass is 195 g/mol. The molecule has 0 fully saturated rings. The van der Waals surface area contributed by atoms with Crippen molar-refractivity contribution in [1.29, 1.82) is 0 Å². The molecule has 0 aliphatic heterocycles. The fraction of sp³-hybridized carbons (Fsp3) is 0.455. The van der Waals surface area contributed by atoms with Gasteiger partial charge in [-0.3, -0.25) is 0 Å². The Kier molecular flexibility index (Phi) is 4.16. The van der Waals surface area contributed by atoms with Crippen LogP contribution in [0.4, 0.5) is 5.69 Å². The van der Waals surface area contributed by atoms with Crippen LogP contribution in [0.15, 0.2) is 29.2 Å². The van der Waals surface area contributed by atoms with Crippen LogP contribution in [-0.2, 0) is 0 Å². The lowest BCUT2D eigenvalue weighted by atomic mass is 10.2. The molecular formula is C11H17NS. The van der Waals surface area contributed by atoms with Crippen LogP contribution in [0.5, 0.6) is 0 Å². The molecule has 0 aromatic heterocycles. The van der Waals surface area contributed by atoms with Crippen LogP contribution in [-0.4, -0.2) is 5.75 Å². The Bertz CT molecular complexity index is 258. The highest BCUT2D eigenvalue weighted by Crippen LogP contribution is 2.21. The normalized spacial score (nSPS) is 10.7. The van der Waals surface area contributed by atoms with E-state index in [0.717, 1.165) is 11.6 Å². The van der Waals surface area contributed by atoms with E-state index in [-0.39, 0.29) is 0 Å². The molecule has 13 heavy (non-hydrogen) atoms. The summed E-state index contributed by atoms with van der Waals surface area (Å²) in [6, 6.07) is 8.08. The van der Waals surface area contributed by atoms with Crippen molar-refractivity contribution in [2.24, 2.45) is 5.92 Å². The lowest BCUT2D eigenvalue weighted by molar-refractivity contribution is 0.632. The standard InChI is InChI=1S/C11H17NS/c1-9(2)6-7-13-11-5-3-4-10(12)8-11/h3-5,8-9H,6-7,12H2,1-2H3. The molecule has 1 aromatic rings. The Hall–Kier alpha value is -0.630. The maximum Gasteiger partial charge on any atom is 0.0325 e. The van der Waals surface area contributed by atoms with Gasteiger partial charge in [0.25, 0.3) is 0 Å². The van der Waals surface area contributed by atoms with Gasteiger partial charge >= 0.3 is 0 Å². The van der Waals surface area contributed by atoms with E-state index in [2.05, 4.69) is 19.9 Å². The van der Waals surface area contributed by atoms with Gasteiger partial charge in [0.15, 0.2) is 0 Å². The second-order valence-electron chi connectivity index (χ2n) is 3.60. The van der Waals surface area contributed by atoms with Crippen LogP contribution in [0.2, 0.25) is 0 Å². The first-order valence-electron chi connectivity index (χ1n) is 4.67. The van der Waals surface area contributed by atoms with Crippen molar-refractivity contribution in [3.8, 4) is 0 Å². The van der Waals surface area contributed by atoms with Crippen molar-refractivity contribution >= 4 is 17.4 Å². The summed E-state index contributed by atoms with van der Waals surface area (Å²) in [4.78, 5) is 1.28. The molecule has 72 valence electrons. The third-order valence-corrected chi connectivity index (χ3v) is 2.85. The van der Waals surface area contributed by atoms with E-state index in [1.807, 2.05) is 30.0 Å². The molecule has 0 amide bonds. The number of benzene rings is 1. The summed E-state index contributed by atoms with van der Waals surface area (Å²) in [6.07, 6.45) is 1.26. The van der Waals surface area contributed by atoms with Crippen LogP contribution in [0.1, 0.15) is 20.3 Å². The second kappa shape index (κ2) is 5.18. The largest absolute Gasteiger partial charge is 0.399 e. The topological polar surface area (TPSA) is 26.0 Å². The minimum atomic E-state index is 0.786. The molecule has 0 atom stereocenters. The van der Waals surface area contributed by atoms with Gasteiger partial charge in [-0.05, 0) is 36.3 Å². The van der Waals surface area contributed by atoms with E-state index in [1.165, 1.54) is 17.1 Å². The van der Waals surface area contributed by atoms with Gasteiger partial charge in [-0.25, -0.2) is 0 Å². The van der Waals surface area contributed by atoms with Crippen LogP contribution in [0.3, 0.4) is 0 Å². The average Bonchev–Trinajstić information content (AvgIpc) is 2.03. The Morgan fingerprint density at radius 2 is 2.15 bits per heavy atom. The SMILES string of the molecule is CC(C)CCSc1cccc(N)c1. The van der Waals surface area contributed by atoms with E-state index in [0.29, 0.717) is 0 Å². The molecule has 1 aromatic carbocycles. The minimum absolute atomic E-state index is 0.786. The van der Waals surface area contributed by atoms with Crippen LogP contribution >= 0.6 is 11.8 Å². The molecule has 0 spiro atoms. The third-order valence-electron chi connectivity index (χ3n) is 1.82. The van der Waals surface area contributed by atoms with Crippen molar-refractivity contribution < 1.29 is 0 Å². The highest BCUT2D eigenvalue weighted by Gasteiger charge is 1.96. The molecule has 2 heteroatoms. The second-order valence-corrected chi connectivity index (χ2v) is 4.77. The summed E-state index contributed by atoms with van der Waals surface area (Å²) in [6.45, 7) is 4.50. The quantitative estimate of drug-likeness (QED) is 0.588. The molecule has 0 unspecified atom stereocenters. The molecule has 0 aliphatic carbocycles. The Morgan fingerprint density at radius 3 is 2.77 bits per heavy atom. The summed E-state index contributed by atoms with van der Waals surface area (Å²) < 4.78 is 0. The molecule has 0 heterocycles. The number of hydrogen-bond donors (Lipinski definition) is 1. The summed E-state index contributed by atoms with van der Waals surface area (Å²) in [7, 11) is 0. The van der Waals surface area contributed by atoms with Gasteiger partial charge in [0.05, 0.1) is 0 Å². The molecule has 2 N–H and O–H groups in total. The summed E-state index contributed by atoms with van der Waals surface area (Å²) in [5.41, 5.74) is 6.53. The number of thioether (sulfide) groups is 1. The zero-order valence-corrected chi connectivity index (χ0v) is 9.10. The van der Waals surface area contributed by atoms with E-state index in [1.54, 1.807) is 0 Å². The summed E-state index contributed by atoms with van der Waals surface area (Å²) in [5, 5.41) is 0.